The van der Waals surface area contributed by atoms with Crippen LogP contribution in [0.4, 0.5) is 5.95 Å². The predicted molar refractivity (Wildman–Crippen MR) is 74.4 cm³/mol. The van der Waals surface area contributed by atoms with Crippen molar-refractivity contribution >= 4 is 11.9 Å². The molecule has 0 bridgehead atoms. The molecule has 0 saturated heterocycles. The van der Waals surface area contributed by atoms with Crippen LogP contribution in [0, 0.1) is 0 Å². The van der Waals surface area contributed by atoms with Crippen LogP contribution in [0.15, 0.2) is 48.8 Å². The fourth-order valence-corrected chi connectivity index (χ4v) is 1.75. The van der Waals surface area contributed by atoms with Crippen molar-refractivity contribution in [2.45, 2.75) is 18.9 Å². The van der Waals surface area contributed by atoms with Gasteiger partial charge in [-0.25, -0.2) is 9.97 Å². The van der Waals surface area contributed by atoms with Crippen LogP contribution in [0.1, 0.15) is 18.9 Å². The molecule has 6 heteroatoms. The Morgan fingerprint density at radius 2 is 1.85 bits per heavy atom. The van der Waals surface area contributed by atoms with Crippen molar-refractivity contribution in [3.8, 4) is 0 Å². The summed E-state index contributed by atoms with van der Waals surface area (Å²) in [7, 11) is 0. The molecule has 1 unspecified atom stereocenters. The summed E-state index contributed by atoms with van der Waals surface area (Å²) in [6.07, 6.45) is 3.04. The van der Waals surface area contributed by atoms with Gasteiger partial charge in [0.15, 0.2) is 0 Å². The Kier molecular flexibility index (Phi) is 4.27. The van der Waals surface area contributed by atoms with Crippen molar-refractivity contribution in [3.63, 3.8) is 0 Å². The first-order valence-corrected chi connectivity index (χ1v) is 6.18. The number of hydrogen-bond acceptors (Lipinski definition) is 5. The number of aliphatic hydroxyl groups is 1. The predicted octanol–water partition coefficient (Wildman–Crippen LogP) is 1.22. The molecule has 1 amide bonds. The highest BCUT2D eigenvalue weighted by Crippen LogP contribution is 2.23. The third-order valence-corrected chi connectivity index (χ3v) is 2.78. The summed E-state index contributed by atoms with van der Waals surface area (Å²) < 4.78 is 0. The van der Waals surface area contributed by atoms with Crippen LogP contribution in [0.3, 0.4) is 0 Å². The topological polar surface area (TPSA) is 87.1 Å². The van der Waals surface area contributed by atoms with Crippen molar-refractivity contribution < 1.29 is 9.90 Å². The molecule has 0 aliphatic heterocycles. The summed E-state index contributed by atoms with van der Waals surface area (Å²) in [5.41, 5.74) is 4.49. The van der Waals surface area contributed by atoms with Crippen molar-refractivity contribution in [1.82, 2.24) is 15.4 Å². The van der Waals surface area contributed by atoms with Gasteiger partial charge in [0.25, 0.3) is 0 Å². The first kappa shape index (κ1) is 14.0. The van der Waals surface area contributed by atoms with Crippen LogP contribution in [0.2, 0.25) is 0 Å². The van der Waals surface area contributed by atoms with Crippen LogP contribution in [-0.2, 0) is 10.4 Å². The fraction of sp³-hybridized carbons (Fsp3) is 0.214. The van der Waals surface area contributed by atoms with Gasteiger partial charge in [0, 0.05) is 12.4 Å². The molecular formula is C14H16N4O2. The summed E-state index contributed by atoms with van der Waals surface area (Å²) in [6, 6.07) is 10.7. The van der Waals surface area contributed by atoms with Crippen molar-refractivity contribution in [1.29, 1.82) is 0 Å². The zero-order chi connectivity index (χ0) is 14.4. The smallest absolute Gasteiger partial charge is 0.241 e. The highest BCUT2D eigenvalue weighted by atomic mass is 16.3. The van der Waals surface area contributed by atoms with Crippen LogP contribution in [0.5, 0.6) is 0 Å². The van der Waals surface area contributed by atoms with E-state index in [1.165, 1.54) is 0 Å². The number of anilines is 1. The summed E-state index contributed by atoms with van der Waals surface area (Å²) >= 11 is 0. The van der Waals surface area contributed by atoms with Gasteiger partial charge < -0.3 is 5.11 Å². The van der Waals surface area contributed by atoms with Crippen molar-refractivity contribution in [2.75, 3.05) is 5.43 Å². The molecule has 0 spiro atoms. The minimum Gasteiger partial charge on any atom is -0.385 e. The fourth-order valence-electron chi connectivity index (χ4n) is 1.75. The molecule has 2 rings (SSSR count). The molecule has 0 aliphatic carbocycles. The number of aromatic nitrogens is 2. The standard InChI is InChI=1S/C14H16N4O2/c1-14(20,11-6-3-2-4-7-11)10-12(19)17-18-13-15-8-5-9-16-13/h2-9,20H,10H2,1H3,(H,17,19)(H,15,16,18). The Balaban J connectivity index is 1.91. The number of nitrogens with zero attached hydrogens (tertiary/aromatic N) is 2. The number of benzene rings is 1. The Labute approximate surface area is 116 Å². The molecule has 1 atom stereocenters. The van der Waals surface area contributed by atoms with E-state index >= 15 is 0 Å². The van der Waals surface area contributed by atoms with Gasteiger partial charge in [-0.2, -0.15) is 0 Å². The van der Waals surface area contributed by atoms with Gasteiger partial charge in [0.05, 0.1) is 12.0 Å². The maximum Gasteiger partial charge on any atom is 0.241 e. The number of amides is 1. The van der Waals surface area contributed by atoms with Crippen molar-refractivity contribution in [3.05, 3.63) is 54.4 Å². The lowest BCUT2D eigenvalue weighted by molar-refractivity contribution is -0.125. The van der Waals surface area contributed by atoms with Crippen LogP contribution in [-0.4, -0.2) is 21.0 Å². The molecule has 1 heterocycles. The van der Waals surface area contributed by atoms with Gasteiger partial charge >= 0.3 is 0 Å². The zero-order valence-corrected chi connectivity index (χ0v) is 11.1. The Morgan fingerprint density at radius 1 is 1.20 bits per heavy atom. The number of carbonyl (C=O) groups is 1. The second kappa shape index (κ2) is 6.12. The van der Waals surface area contributed by atoms with E-state index in [4.69, 9.17) is 0 Å². The second-order valence-corrected chi connectivity index (χ2v) is 4.56. The lowest BCUT2D eigenvalue weighted by Crippen LogP contribution is -2.36. The number of rotatable bonds is 5. The van der Waals surface area contributed by atoms with E-state index in [1.807, 2.05) is 18.2 Å². The molecule has 1 aromatic heterocycles. The average Bonchev–Trinajstić information content (AvgIpc) is 2.47. The molecule has 1 aromatic carbocycles. The van der Waals surface area contributed by atoms with E-state index in [1.54, 1.807) is 37.5 Å². The quantitative estimate of drug-likeness (QED) is 0.712. The van der Waals surface area contributed by atoms with E-state index in [9.17, 15) is 9.90 Å². The van der Waals surface area contributed by atoms with Gasteiger partial charge in [-0.15, -0.1) is 0 Å². The SMILES string of the molecule is CC(O)(CC(=O)NNc1ncccn1)c1ccccc1. The molecule has 104 valence electrons. The number of nitrogens with one attached hydrogen (secondary N) is 2. The summed E-state index contributed by atoms with van der Waals surface area (Å²) in [4.78, 5) is 19.6. The average molecular weight is 272 g/mol. The molecular weight excluding hydrogens is 256 g/mol. The highest BCUT2D eigenvalue weighted by molar-refractivity contribution is 5.78. The van der Waals surface area contributed by atoms with E-state index < -0.39 is 5.60 Å². The minimum atomic E-state index is -1.23. The maximum atomic E-state index is 11.8. The van der Waals surface area contributed by atoms with Crippen molar-refractivity contribution in [2.24, 2.45) is 0 Å². The Hall–Kier alpha value is -2.47. The molecule has 0 fully saturated rings. The minimum absolute atomic E-state index is 0.0726. The largest absolute Gasteiger partial charge is 0.385 e. The molecule has 3 N–H and O–H groups in total. The summed E-state index contributed by atoms with van der Waals surface area (Å²) in [5, 5.41) is 10.3. The second-order valence-electron chi connectivity index (χ2n) is 4.56. The van der Waals surface area contributed by atoms with Gasteiger partial charge in [-0.1, -0.05) is 30.3 Å². The summed E-state index contributed by atoms with van der Waals surface area (Å²) in [5.74, 6) is -0.0634. The number of carbonyl (C=O) groups excluding carboxylic acids is 1. The lowest BCUT2D eigenvalue weighted by Gasteiger charge is -2.23. The Morgan fingerprint density at radius 3 is 2.50 bits per heavy atom. The van der Waals surface area contributed by atoms with Crippen LogP contribution in [0.25, 0.3) is 0 Å². The highest BCUT2D eigenvalue weighted by Gasteiger charge is 2.26. The van der Waals surface area contributed by atoms with Gasteiger partial charge in [-0.05, 0) is 18.6 Å². The van der Waals surface area contributed by atoms with Gasteiger partial charge in [-0.3, -0.25) is 15.6 Å². The third kappa shape index (κ3) is 3.76. The molecule has 2 aromatic rings. The van der Waals surface area contributed by atoms with Crippen LogP contribution >= 0.6 is 0 Å². The molecule has 20 heavy (non-hydrogen) atoms. The normalized spacial score (nSPS) is 13.3. The van der Waals surface area contributed by atoms with E-state index in [0.717, 1.165) is 0 Å². The summed E-state index contributed by atoms with van der Waals surface area (Å²) in [6.45, 7) is 1.60. The number of hydrogen-bond donors (Lipinski definition) is 3. The molecule has 0 radical (unpaired) electrons. The molecule has 0 aliphatic rings. The van der Waals surface area contributed by atoms with Gasteiger partial charge in [0.1, 0.15) is 0 Å². The maximum absolute atomic E-state index is 11.8. The first-order chi connectivity index (χ1) is 9.58. The van der Waals surface area contributed by atoms with E-state index in [-0.39, 0.29) is 12.3 Å². The first-order valence-electron chi connectivity index (χ1n) is 6.18. The van der Waals surface area contributed by atoms with E-state index in [0.29, 0.717) is 11.5 Å². The van der Waals surface area contributed by atoms with Gasteiger partial charge in [0.2, 0.25) is 11.9 Å². The lowest BCUT2D eigenvalue weighted by atomic mass is 9.92. The number of hydrazine groups is 1. The molecule has 0 saturated carbocycles. The zero-order valence-electron chi connectivity index (χ0n) is 11.1. The third-order valence-electron chi connectivity index (χ3n) is 2.78. The molecule has 6 nitrogen and oxygen atoms in total. The Bertz CT molecular complexity index is 558. The van der Waals surface area contributed by atoms with E-state index in [2.05, 4.69) is 20.8 Å². The van der Waals surface area contributed by atoms with Crippen LogP contribution < -0.4 is 10.9 Å². The monoisotopic (exact) mass is 272 g/mol.